The summed E-state index contributed by atoms with van der Waals surface area (Å²) in [5.74, 6) is 1.89. The van der Waals surface area contributed by atoms with Crippen molar-refractivity contribution in [2.24, 2.45) is 0 Å². The summed E-state index contributed by atoms with van der Waals surface area (Å²) in [5.41, 5.74) is 1.06. The van der Waals surface area contributed by atoms with Crippen LogP contribution in [0.4, 0.5) is 0 Å². The number of carbonyl (C=O) groups is 1. The number of aryl methyl sites for hydroxylation is 1. The maximum atomic E-state index is 11.9. The second kappa shape index (κ2) is 6.94. The van der Waals surface area contributed by atoms with Crippen molar-refractivity contribution in [3.63, 3.8) is 0 Å². The fraction of sp³-hybridized carbons (Fsp3) is 0.353. The molecule has 0 saturated heterocycles. The van der Waals surface area contributed by atoms with Gasteiger partial charge >= 0.3 is 0 Å². The zero-order valence-corrected chi connectivity index (χ0v) is 12.1. The van der Waals surface area contributed by atoms with Crippen LogP contribution in [0, 0.1) is 0 Å². The second-order valence-corrected chi connectivity index (χ2v) is 4.95. The van der Waals surface area contributed by atoms with Crippen molar-refractivity contribution < 1.29 is 9.21 Å². The third-order valence-electron chi connectivity index (χ3n) is 3.29. The summed E-state index contributed by atoms with van der Waals surface area (Å²) in [6.07, 6.45) is 2.14. The van der Waals surface area contributed by atoms with Crippen molar-refractivity contribution in [3.8, 4) is 11.3 Å². The predicted molar refractivity (Wildman–Crippen MR) is 80.4 cm³/mol. The van der Waals surface area contributed by atoms with E-state index >= 15 is 0 Å². The van der Waals surface area contributed by atoms with Gasteiger partial charge in [-0.3, -0.25) is 4.79 Å². The number of benzene rings is 1. The predicted octanol–water partition coefficient (Wildman–Crippen LogP) is 3.75. The molecule has 0 aliphatic heterocycles. The number of hydrogen-bond acceptors (Lipinski definition) is 2. The standard InChI is InChI=1S/C17H21NO2/c1-3-13-18(2)17(19)12-10-15-9-11-16(20-15)14-7-5-4-6-8-14/h4-9,11H,3,10,12-13H2,1-2H3. The summed E-state index contributed by atoms with van der Waals surface area (Å²) in [4.78, 5) is 13.6. The Kier molecular flexibility index (Phi) is 4.99. The van der Waals surface area contributed by atoms with Gasteiger partial charge in [-0.05, 0) is 18.6 Å². The minimum absolute atomic E-state index is 0.171. The number of furan rings is 1. The van der Waals surface area contributed by atoms with E-state index in [2.05, 4.69) is 6.92 Å². The highest BCUT2D eigenvalue weighted by Gasteiger charge is 2.10. The normalized spacial score (nSPS) is 10.5. The van der Waals surface area contributed by atoms with E-state index in [-0.39, 0.29) is 5.91 Å². The third kappa shape index (κ3) is 3.73. The average molecular weight is 271 g/mol. The zero-order valence-electron chi connectivity index (χ0n) is 12.1. The second-order valence-electron chi connectivity index (χ2n) is 4.95. The van der Waals surface area contributed by atoms with Crippen LogP contribution >= 0.6 is 0 Å². The molecule has 3 heteroatoms. The number of hydrogen-bond donors (Lipinski definition) is 0. The van der Waals surface area contributed by atoms with Crippen LogP contribution in [0.3, 0.4) is 0 Å². The summed E-state index contributed by atoms with van der Waals surface area (Å²) in [6, 6.07) is 13.9. The van der Waals surface area contributed by atoms with E-state index in [0.717, 1.165) is 30.0 Å². The van der Waals surface area contributed by atoms with Crippen LogP contribution in [0.15, 0.2) is 46.9 Å². The van der Waals surface area contributed by atoms with Gasteiger partial charge in [-0.25, -0.2) is 0 Å². The molecule has 0 radical (unpaired) electrons. The molecule has 3 nitrogen and oxygen atoms in total. The smallest absolute Gasteiger partial charge is 0.222 e. The van der Waals surface area contributed by atoms with Gasteiger partial charge in [0.15, 0.2) is 0 Å². The Labute approximate surface area is 120 Å². The van der Waals surface area contributed by atoms with Crippen LogP contribution in [0.5, 0.6) is 0 Å². The highest BCUT2D eigenvalue weighted by Crippen LogP contribution is 2.22. The fourth-order valence-electron chi connectivity index (χ4n) is 2.15. The van der Waals surface area contributed by atoms with Crippen LogP contribution in [0.25, 0.3) is 11.3 Å². The van der Waals surface area contributed by atoms with Gasteiger partial charge < -0.3 is 9.32 Å². The lowest BCUT2D eigenvalue weighted by Gasteiger charge is -2.15. The van der Waals surface area contributed by atoms with Crippen molar-refractivity contribution in [1.29, 1.82) is 0 Å². The molecule has 2 aromatic rings. The van der Waals surface area contributed by atoms with Crippen molar-refractivity contribution in [1.82, 2.24) is 4.90 Å². The topological polar surface area (TPSA) is 33.5 Å². The van der Waals surface area contributed by atoms with E-state index < -0.39 is 0 Å². The maximum absolute atomic E-state index is 11.9. The van der Waals surface area contributed by atoms with Crippen molar-refractivity contribution in [2.75, 3.05) is 13.6 Å². The highest BCUT2D eigenvalue weighted by molar-refractivity contribution is 5.76. The lowest BCUT2D eigenvalue weighted by atomic mass is 10.2. The molecule has 0 aliphatic rings. The van der Waals surface area contributed by atoms with Gasteiger partial charge in [-0.15, -0.1) is 0 Å². The van der Waals surface area contributed by atoms with Gasteiger partial charge in [0.25, 0.3) is 0 Å². The first-order chi connectivity index (χ1) is 9.70. The molecule has 0 aliphatic carbocycles. The number of nitrogens with zero attached hydrogens (tertiary/aromatic N) is 1. The molecule has 1 amide bonds. The van der Waals surface area contributed by atoms with Crippen LogP contribution in [0.2, 0.25) is 0 Å². The molecule has 1 aromatic carbocycles. The quantitative estimate of drug-likeness (QED) is 0.801. The molecular formula is C17H21NO2. The molecule has 2 rings (SSSR count). The van der Waals surface area contributed by atoms with Gasteiger partial charge in [0.05, 0.1) is 0 Å². The number of amides is 1. The van der Waals surface area contributed by atoms with Crippen molar-refractivity contribution in [3.05, 3.63) is 48.2 Å². The lowest BCUT2D eigenvalue weighted by molar-refractivity contribution is -0.129. The van der Waals surface area contributed by atoms with E-state index in [1.165, 1.54) is 0 Å². The fourth-order valence-corrected chi connectivity index (χ4v) is 2.15. The maximum Gasteiger partial charge on any atom is 0.222 e. The van der Waals surface area contributed by atoms with Gasteiger partial charge in [0.2, 0.25) is 5.91 Å². The summed E-state index contributed by atoms with van der Waals surface area (Å²) in [6.45, 7) is 2.88. The number of carbonyl (C=O) groups excluding carboxylic acids is 1. The molecule has 0 saturated carbocycles. The van der Waals surface area contributed by atoms with E-state index in [4.69, 9.17) is 4.42 Å². The molecule has 0 spiro atoms. The first kappa shape index (κ1) is 14.4. The van der Waals surface area contributed by atoms with Crippen LogP contribution in [-0.4, -0.2) is 24.4 Å². The Morgan fingerprint density at radius 1 is 1.15 bits per heavy atom. The zero-order chi connectivity index (χ0) is 14.4. The Hall–Kier alpha value is -2.03. The summed E-state index contributed by atoms with van der Waals surface area (Å²) >= 11 is 0. The van der Waals surface area contributed by atoms with Crippen LogP contribution in [-0.2, 0) is 11.2 Å². The molecule has 1 heterocycles. The Balaban J connectivity index is 1.92. The summed E-state index contributed by atoms with van der Waals surface area (Å²) in [7, 11) is 1.85. The minimum Gasteiger partial charge on any atom is -0.461 e. The van der Waals surface area contributed by atoms with E-state index in [1.807, 2.05) is 49.5 Å². The molecule has 0 unspecified atom stereocenters. The molecule has 0 atom stereocenters. The molecule has 0 fully saturated rings. The van der Waals surface area contributed by atoms with Crippen molar-refractivity contribution >= 4 is 5.91 Å². The van der Waals surface area contributed by atoms with Gasteiger partial charge in [-0.1, -0.05) is 37.3 Å². The molecule has 106 valence electrons. The first-order valence-electron chi connectivity index (χ1n) is 7.09. The minimum atomic E-state index is 0.171. The van der Waals surface area contributed by atoms with Crippen LogP contribution < -0.4 is 0 Å². The average Bonchev–Trinajstić information content (AvgIpc) is 2.95. The molecule has 0 bridgehead atoms. The molecule has 20 heavy (non-hydrogen) atoms. The van der Waals surface area contributed by atoms with Crippen molar-refractivity contribution in [2.45, 2.75) is 26.2 Å². The largest absolute Gasteiger partial charge is 0.461 e. The highest BCUT2D eigenvalue weighted by atomic mass is 16.3. The van der Waals surface area contributed by atoms with E-state index in [1.54, 1.807) is 4.90 Å². The van der Waals surface area contributed by atoms with E-state index in [0.29, 0.717) is 12.8 Å². The van der Waals surface area contributed by atoms with Gasteiger partial charge in [0, 0.05) is 32.0 Å². The number of rotatable bonds is 6. The Morgan fingerprint density at radius 2 is 1.90 bits per heavy atom. The Morgan fingerprint density at radius 3 is 2.60 bits per heavy atom. The SMILES string of the molecule is CCCN(C)C(=O)CCc1ccc(-c2ccccc2)o1. The van der Waals surface area contributed by atoms with E-state index in [9.17, 15) is 4.79 Å². The molecule has 1 aromatic heterocycles. The van der Waals surface area contributed by atoms with Gasteiger partial charge in [0.1, 0.15) is 11.5 Å². The monoisotopic (exact) mass is 271 g/mol. The molecule has 0 N–H and O–H groups in total. The molecular weight excluding hydrogens is 250 g/mol. The summed E-state index contributed by atoms with van der Waals surface area (Å²) in [5, 5.41) is 0. The summed E-state index contributed by atoms with van der Waals surface area (Å²) < 4.78 is 5.79. The van der Waals surface area contributed by atoms with Crippen LogP contribution in [0.1, 0.15) is 25.5 Å². The lowest BCUT2D eigenvalue weighted by Crippen LogP contribution is -2.27. The van der Waals surface area contributed by atoms with Gasteiger partial charge in [-0.2, -0.15) is 0 Å². The third-order valence-corrected chi connectivity index (χ3v) is 3.29. The Bertz CT molecular complexity index is 545. The first-order valence-corrected chi connectivity index (χ1v) is 7.09.